The number of nitrogens with zero attached hydrogens (tertiary/aromatic N) is 1. The molecule has 1 atom stereocenters. The van der Waals surface area contributed by atoms with Gasteiger partial charge in [-0.05, 0) is 32.4 Å². The van der Waals surface area contributed by atoms with Crippen LogP contribution in [0.25, 0.3) is 5.48 Å². The summed E-state index contributed by atoms with van der Waals surface area (Å²) < 4.78 is 0. The van der Waals surface area contributed by atoms with E-state index in [0.29, 0.717) is 24.1 Å². The molecular weight excluding hydrogens is 493 g/mol. The summed E-state index contributed by atoms with van der Waals surface area (Å²) in [4.78, 5) is 34.0. The van der Waals surface area contributed by atoms with Gasteiger partial charge in [0, 0.05) is 5.75 Å². The third-order valence-corrected chi connectivity index (χ3v) is 4.09. The maximum atomic E-state index is 10.6. The Kier molecular flexibility index (Phi) is 61.6. The Morgan fingerprint density at radius 1 is 1.06 bits per heavy atom. The fourth-order valence-electron chi connectivity index (χ4n) is 2.08. The van der Waals surface area contributed by atoms with Crippen LogP contribution < -0.4 is 74.3 Å². The van der Waals surface area contributed by atoms with Crippen molar-refractivity contribution >= 4 is 31.3 Å². The SMILES string of the molecule is CCC.CCC.CCNC.N.NC(C=O)C1CCCCC1.NC=O.O=C(CCS)O[N-]C1CC1.[K+]. The summed E-state index contributed by atoms with van der Waals surface area (Å²) in [5, 5.41) is 2.93. The number of hydrogen-bond donors (Lipinski definition) is 5. The van der Waals surface area contributed by atoms with Crippen LogP contribution in [-0.4, -0.2) is 50.1 Å². The van der Waals surface area contributed by atoms with Gasteiger partial charge in [-0.3, -0.25) is 9.59 Å². The Balaban J connectivity index is -0.0000000786. The van der Waals surface area contributed by atoms with Crippen molar-refractivity contribution in [2.45, 2.75) is 111 Å². The van der Waals surface area contributed by atoms with Gasteiger partial charge in [0.1, 0.15) is 6.29 Å². The first-order valence-corrected chi connectivity index (χ1v) is 13.0. The minimum absolute atomic E-state index is 0. The summed E-state index contributed by atoms with van der Waals surface area (Å²) in [6.45, 7) is 11.6. The minimum Gasteiger partial charge on any atom is -0.561 e. The van der Waals surface area contributed by atoms with Crippen LogP contribution >= 0.6 is 12.6 Å². The minimum atomic E-state index is -0.276. The van der Waals surface area contributed by atoms with E-state index < -0.39 is 0 Å². The molecule has 0 radical (unpaired) electrons. The molecule has 0 aliphatic heterocycles. The van der Waals surface area contributed by atoms with Gasteiger partial charge >= 0.3 is 51.4 Å². The molecule has 2 aliphatic carbocycles. The van der Waals surface area contributed by atoms with Gasteiger partial charge in [0.2, 0.25) is 6.41 Å². The number of amides is 1. The Morgan fingerprint density at radius 3 is 1.74 bits per heavy atom. The monoisotopic (exact) mass is 549 g/mol. The average Bonchev–Trinajstić information content (AvgIpc) is 3.65. The molecule has 2 rings (SSSR count). The van der Waals surface area contributed by atoms with Crippen molar-refractivity contribution in [1.29, 1.82) is 0 Å². The Bertz CT molecular complexity index is 400. The Labute approximate surface area is 264 Å². The molecule has 0 bridgehead atoms. The average molecular weight is 550 g/mol. The van der Waals surface area contributed by atoms with Crippen LogP contribution in [0.1, 0.15) is 98.8 Å². The van der Waals surface area contributed by atoms with Crippen molar-refractivity contribution in [1.82, 2.24) is 11.5 Å². The zero-order chi connectivity index (χ0) is 26.3. The molecule has 1 unspecified atom stereocenters. The van der Waals surface area contributed by atoms with E-state index in [2.05, 4.69) is 68.6 Å². The molecule has 0 spiro atoms. The smallest absolute Gasteiger partial charge is 0.561 e. The van der Waals surface area contributed by atoms with Crippen LogP contribution in [0.5, 0.6) is 0 Å². The molecule has 0 saturated heterocycles. The molecule has 8 N–H and O–H groups in total. The molecule has 208 valence electrons. The van der Waals surface area contributed by atoms with E-state index >= 15 is 0 Å². The number of hydrogen-bond acceptors (Lipinski definition) is 8. The molecular formula is C24H56KN5O4S. The van der Waals surface area contributed by atoms with Gasteiger partial charge in [-0.1, -0.05) is 79.6 Å². The van der Waals surface area contributed by atoms with Crippen molar-refractivity contribution in [3.63, 3.8) is 0 Å². The molecule has 9 nitrogen and oxygen atoms in total. The van der Waals surface area contributed by atoms with E-state index in [4.69, 9.17) is 10.5 Å². The predicted molar refractivity (Wildman–Crippen MR) is 148 cm³/mol. The van der Waals surface area contributed by atoms with Crippen LogP contribution in [-0.2, 0) is 19.2 Å². The zero-order valence-electron chi connectivity index (χ0n) is 23.8. The third kappa shape index (κ3) is 51.8. The summed E-state index contributed by atoms with van der Waals surface area (Å²) in [6, 6.07) is 0.101. The summed E-state index contributed by atoms with van der Waals surface area (Å²) in [5.74, 6) is 0.729. The number of hydroxylamine groups is 1. The molecule has 0 aromatic heterocycles. The maximum Gasteiger partial charge on any atom is 1.00 e. The van der Waals surface area contributed by atoms with Crippen molar-refractivity contribution < 1.29 is 70.6 Å². The summed E-state index contributed by atoms with van der Waals surface area (Å²) in [7, 11) is 1.93. The zero-order valence-corrected chi connectivity index (χ0v) is 27.8. The Morgan fingerprint density at radius 2 is 1.46 bits per heavy atom. The van der Waals surface area contributed by atoms with Crippen molar-refractivity contribution in [2.75, 3.05) is 19.3 Å². The van der Waals surface area contributed by atoms with Crippen molar-refractivity contribution in [3.05, 3.63) is 5.48 Å². The van der Waals surface area contributed by atoms with Crippen LogP contribution in [0, 0.1) is 5.92 Å². The molecule has 2 fully saturated rings. The molecule has 0 aromatic carbocycles. The number of thiol groups is 1. The summed E-state index contributed by atoms with van der Waals surface area (Å²) >= 11 is 3.88. The van der Waals surface area contributed by atoms with Gasteiger partial charge in [0.15, 0.2) is 0 Å². The molecule has 35 heavy (non-hydrogen) atoms. The molecule has 1 amide bonds. The number of nitrogens with two attached hydrogens (primary N) is 2. The van der Waals surface area contributed by atoms with E-state index in [1.807, 2.05) is 7.05 Å². The van der Waals surface area contributed by atoms with E-state index in [9.17, 15) is 9.59 Å². The van der Waals surface area contributed by atoms with Gasteiger partial charge < -0.3 is 38.0 Å². The van der Waals surface area contributed by atoms with Crippen LogP contribution in [0.3, 0.4) is 0 Å². The topological polar surface area (TPSA) is 174 Å². The number of primary amides is 1. The molecule has 11 heteroatoms. The number of carbonyl (C=O) groups is 3. The number of rotatable bonds is 7. The number of aldehydes is 1. The van der Waals surface area contributed by atoms with Gasteiger partial charge in [-0.2, -0.15) is 12.6 Å². The summed E-state index contributed by atoms with van der Waals surface area (Å²) in [5.41, 5.74) is 13.4. The fraction of sp³-hybridized carbons (Fsp3) is 0.875. The molecule has 0 heterocycles. The summed E-state index contributed by atoms with van der Waals surface area (Å²) in [6.07, 6.45) is 12.2. The quantitative estimate of drug-likeness (QED) is 0.139. The van der Waals surface area contributed by atoms with Gasteiger partial charge in [0.25, 0.3) is 5.97 Å². The molecule has 2 saturated carbocycles. The van der Waals surface area contributed by atoms with E-state index in [1.54, 1.807) is 0 Å². The van der Waals surface area contributed by atoms with Crippen LogP contribution in [0.15, 0.2) is 0 Å². The molecule has 2 aliphatic rings. The van der Waals surface area contributed by atoms with E-state index in [0.717, 1.165) is 38.5 Å². The second-order valence-electron chi connectivity index (χ2n) is 7.64. The first kappa shape index (κ1) is 48.5. The number of carbonyl (C=O) groups excluding carboxylic acids is 3. The second kappa shape index (κ2) is 44.4. The normalized spacial score (nSPS) is 13.9. The maximum absolute atomic E-state index is 10.6. The second-order valence-corrected chi connectivity index (χ2v) is 8.09. The van der Waals surface area contributed by atoms with Gasteiger partial charge in [-0.15, -0.1) is 6.04 Å². The number of nitrogens with one attached hydrogen (secondary N) is 1. The Hall–Kier alpha value is 0.436. The van der Waals surface area contributed by atoms with Crippen LogP contribution in [0.4, 0.5) is 0 Å². The van der Waals surface area contributed by atoms with Crippen molar-refractivity contribution in [3.8, 4) is 0 Å². The first-order valence-electron chi connectivity index (χ1n) is 12.3. The van der Waals surface area contributed by atoms with E-state index in [1.165, 1.54) is 32.1 Å². The third-order valence-electron chi connectivity index (χ3n) is 3.87. The predicted octanol–water partition coefficient (Wildman–Crippen LogP) is 1.72. The van der Waals surface area contributed by atoms with Gasteiger partial charge in [-0.25, -0.2) is 0 Å². The first-order chi connectivity index (χ1) is 15.8. The molecule has 0 aromatic rings. The van der Waals surface area contributed by atoms with E-state index in [-0.39, 0.29) is 76.0 Å². The fourth-order valence-corrected chi connectivity index (χ4v) is 2.26. The van der Waals surface area contributed by atoms with Gasteiger partial charge in [0.05, 0.1) is 12.5 Å². The standard InChI is InChI=1S/C8H15NO.C6H10NO2S.C3H9N.2C3H8.CH3NO.K.H3N/c9-8(6-10)7-4-2-1-3-5-7;8-6(3-4-10)9-7-5-1-2-5;1-3-4-2;2*1-3-2;2-1-3;;/h6-8H,1-5,9H2;5,10H,1-4H2;4H,3H2,1-2H3;2*3H2,1-2H3;1H,(H2,2,3);;1H3/q;-1;;;;;+1;. The van der Waals surface area contributed by atoms with Crippen molar-refractivity contribution in [2.24, 2.45) is 17.4 Å². The van der Waals surface area contributed by atoms with Crippen LogP contribution in [0.2, 0.25) is 0 Å². The largest absolute Gasteiger partial charge is 1.00 e.